The van der Waals surface area contributed by atoms with Gasteiger partial charge in [-0.1, -0.05) is 45.4 Å². The van der Waals surface area contributed by atoms with E-state index < -0.39 is 0 Å². The first kappa shape index (κ1) is 13.3. The Balaban J connectivity index is 3.94. The number of nitrogens with one attached hydrogen (secondary N) is 1. The predicted molar refractivity (Wildman–Crippen MR) is 65.2 cm³/mol. The van der Waals surface area contributed by atoms with Gasteiger partial charge in [0.15, 0.2) is 0 Å². The van der Waals surface area contributed by atoms with Gasteiger partial charge in [-0.15, -0.1) is 0 Å². The Kier molecular flexibility index (Phi) is 7.27. The van der Waals surface area contributed by atoms with Crippen molar-refractivity contribution in [2.24, 2.45) is 11.8 Å². The molecule has 1 nitrogen and oxygen atoms in total. The van der Waals surface area contributed by atoms with Crippen molar-refractivity contribution in [1.82, 2.24) is 5.32 Å². The van der Waals surface area contributed by atoms with Crippen LogP contribution in [0, 0.1) is 11.8 Å². The number of hydrogen-bond donors (Lipinski definition) is 1. The summed E-state index contributed by atoms with van der Waals surface area (Å²) in [5.41, 5.74) is 1.28. The molecule has 0 saturated carbocycles. The van der Waals surface area contributed by atoms with Crippen molar-refractivity contribution in [2.75, 3.05) is 6.54 Å². The third-order valence-electron chi connectivity index (χ3n) is 2.67. The first-order valence-corrected chi connectivity index (χ1v) is 5.61. The van der Waals surface area contributed by atoms with E-state index in [0.29, 0.717) is 5.92 Å². The van der Waals surface area contributed by atoms with Gasteiger partial charge < -0.3 is 5.32 Å². The second-order valence-electron chi connectivity index (χ2n) is 4.29. The maximum Gasteiger partial charge on any atom is 0.0206 e. The fraction of sp³-hybridized carbons (Fsp3) is 0.692. The molecule has 82 valence electrons. The van der Waals surface area contributed by atoms with Crippen molar-refractivity contribution in [3.63, 3.8) is 0 Å². The van der Waals surface area contributed by atoms with E-state index in [9.17, 15) is 0 Å². The van der Waals surface area contributed by atoms with Crippen LogP contribution in [-0.4, -0.2) is 6.54 Å². The van der Waals surface area contributed by atoms with Crippen LogP contribution < -0.4 is 5.32 Å². The molecule has 0 bridgehead atoms. The average Bonchev–Trinajstić information content (AvgIpc) is 2.12. The standard InChI is InChI=1S/C13H25N/c1-6-8-12(5)9-13(11(3)4)10-14-7-2/h7,12-14H,2-3,6,8-10H2,1,4-5H3. The molecule has 0 radical (unpaired) electrons. The highest BCUT2D eigenvalue weighted by Crippen LogP contribution is 2.21. The minimum Gasteiger partial charge on any atom is -0.391 e. The molecule has 0 aromatic rings. The molecule has 0 aliphatic rings. The maximum atomic E-state index is 4.05. The van der Waals surface area contributed by atoms with Gasteiger partial charge in [-0.3, -0.25) is 0 Å². The summed E-state index contributed by atoms with van der Waals surface area (Å²) < 4.78 is 0. The van der Waals surface area contributed by atoms with Gasteiger partial charge in [0.05, 0.1) is 0 Å². The first-order chi connectivity index (χ1) is 6.61. The van der Waals surface area contributed by atoms with Gasteiger partial charge in [-0.25, -0.2) is 0 Å². The lowest BCUT2D eigenvalue weighted by Gasteiger charge is -2.21. The van der Waals surface area contributed by atoms with E-state index in [2.05, 4.69) is 39.2 Å². The summed E-state index contributed by atoms with van der Waals surface area (Å²) in [6.07, 6.45) is 5.60. The monoisotopic (exact) mass is 195 g/mol. The molecule has 2 unspecified atom stereocenters. The van der Waals surface area contributed by atoms with E-state index >= 15 is 0 Å². The van der Waals surface area contributed by atoms with Gasteiger partial charge >= 0.3 is 0 Å². The minimum atomic E-state index is 0.592. The van der Waals surface area contributed by atoms with Crippen molar-refractivity contribution in [3.8, 4) is 0 Å². The Morgan fingerprint density at radius 2 is 2.14 bits per heavy atom. The van der Waals surface area contributed by atoms with Gasteiger partial charge in [-0.2, -0.15) is 0 Å². The summed E-state index contributed by atoms with van der Waals surface area (Å²) in [6.45, 7) is 15.4. The Morgan fingerprint density at radius 3 is 2.57 bits per heavy atom. The fourth-order valence-corrected chi connectivity index (χ4v) is 1.78. The molecule has 0 saturated heterocycles. The molecule has 2 atom stereocenters. The summed E-state index contributed by atoms with van der Waals surface area (Å²) >= 11 is 0. The fourth-order valence-electron chi connectivity index (χ4n) is 1.78. The molecule has 1 heteroatoms. The number of hydrogen-bond acceptors (Lipinski definition) is 1. The molecular weight excluding hydrogens is 170 g/mol. The van der Waals surface area contributed by atoms with Gasteiger partial charge in [-0.05, 0) is 31.4 Å². The molecule has 0 aromatic carbocycles. The van der Waals surface area contributed by atoms with Crippen molar-refractivity contribution >= 4 is 0 Å². The lowest BCUT2D eigenvalue weighted by Crippen LogP contribution is -2.20. The van der Waals surface area contributed by atoms with Gasteiger partial charge in [0.25, 0.3) is 0 Å². The van der Waals surface area contributed by atoms with Gasteiger partial charge in [0.1, 0.15) is 0 Å². The van der Waals surface area contributed by atoms with Crippen LogP contribution in [0.3, 0.4) is 0 Å². The quantitative estimate of drug-likeness (QED) is 0.582. The van der Waals surface area contributed by atoms with Crippen LogP contribution in [0.4, 0.5) is 0 Å². The Hall–Kier alpha value is -0.720. The summed E-state index contributed by atoms with van der Waals surface area (Å²) in [5, 5.41) is 3.18. The third-order valence-corrected chi connectivity index (χ3v) is 2.67. The normalized spacial score (nSPS) is 14.5. The zero-order valence-electron chi connectivity index (χ0n) is 9.97. The van der Waals surface area contributed by atoms with E-state index in [1.807, 2.05) is 0 Å². The first-order valence-electron chi connectivity index (χ1n) is 5.61. The molecule has 0 aliphatic heterocycles. The van der Waals surface area contributed by atoms with E-state index in [1.165, 1.54) is 24.8 Å². The predicted octanol–water partition coefficient (Wildman–Crippen LogP) is 3.74. The average molecular weight is 195 g/mol. The summed E-state index contributed by atoms with van der Waals surface area (Å²) in [5.74, 6) is 1.39. The van der Waals surface area contributed by atoms with Crippen LogP contribution in [0.25, 0.3) is 0 Å². The SMILES string of the molecule is C=CNCC(CC(C)CCC)C(=C)C. The Bertz CT molecular complexity index is 172. The van der Waals surface area contributed by atoms with Crippen molar-refractivity contribution in [1.29, 1.82) is 0 Å². The molecule has 0 amide bonds. The summed E-state index contributed by atoms with van der Waals surface area (Å²) in [7, 11) is 0. The van der Waals surface area contributed by atoms with Gasteiger partial charge in [0.2, 0.25) is 0 Å². The lowest BCUT2D eigenvalue weighted by atomic mass is 9.88. The summed E-state index contributed by atoms with van der Waals surface area (Å²) in [6, 6.07) is 0. The molecule has 0 aliphatic carbocycles. The van der Waals surface area contributed by atoms with Crippen molar-refractivity contribution in [3.05, 3.63) is 24.9 Å². The third kappa shape index (κ3) is 5.85. The zero-order chi connectivity index (χ0) is 11.0. The highest BCUT2D eigenvalue weighted by atomic mass is 14.8. The van der Waals surface area contributed by atoms with Crippen LogP contribution in [0.15, 0.2) is 24.9 Å². The van der Waals surface area contributed by atoms with Crippen LogP contribution >= 0.6 is 0 Å². The van der Waals surface area contributed by atoms with Gasteiger partial charge in [0, 0.05) is 6.54 Å². The smallest absolute Gasteiger partial charge is 0.0206 e. The molecule has 0 spiro atoms. The van der Waals surface area contributed by atoms with E-state index in [0.717, 1.165) is 12.5 Å². The molecular formula is C13H25N. The lowest BCUT2D eigenvalue weighted by molar-refractivity contribution is 0.401. The van der Waals surface area contributed by atoms with E-state index in [4.69, 9.17) is 0 Å². The van der Waals surface area contributed by atoms with Crippen molar-refractivity contribution in [2.45, 2.75) is 40.0 Å². The second kappa shape index (κ2) is 7.66. The van der Waals surface area contributed by atoms with Crippen molar-refractivity contribution < 1.29 is 0 Å². The Labute approximate surface area is 89.3 Å². The van der Waals surface area contributed by atoms with Crippen LogP contribution in [-0.2, 0) is 0 Å². The topological polar surface area (TPSA) is 12.0 Å². The molecule has 0 rings (SSSR count). The molecule has 0 fully saturated rings. The minimum absolute atomic E-state index is 0.592. The molecule has 0 aromatic heterocycles. The number of rotatable bonds is 8. The largest absolute Gasteiger partial charge is 0.391 e. The summed E-state index contributed by atoms with van der Waals surface area (Å²) in [4.78, 5) is 0. The maximum absolute atomic E-state index is 4.05. The van der Waals surface area contributed by atoms with E-state index in [-0.39, 0.29) is 0 Å². The van der Waals surface area contributed by atoms with Crippen LogP contribution in [0.5, 0.6) is 0 Å². The zero-order valence-corrected chi connectivity index (χ0v) is 9.97. The highest BCUT2D eigenvalue weighted by molar-refractivity contribution is 4.98. The Morgan fingerprint density at radius 1 is 1.50 bits per heavy atom. The molecule has 14 heavy (non-hydrogen) atoms. The van der Waals surface area contributed by atoms with Crippen LogP contribution in [0.2, 0.25) is 0 Å². The van der Waals surface area contributed by atoms with E-state index in [1.54, 1.807) is 6.20 Å². The highest BCUT2D eigenvalue weighted by Gasteiger charge is 2.12. The molecule has 0 heterocycles. The van der Waals surface area contributed by atoms with Crippen LogP contribution in [0.1, 0.15) is 40.0 Å². The molecule has 1 N–H and O–H groups in total. The second-order valence-corrected chi connectivity index (χ2v) is 4.29.